The van der Waals surface area contributed by atoms with Crippen LogP contribution in [0.15, 0.2) is 47.6 Å². The number of hydrazone groups is 1. The maximum absolute atomic E-state index is 12.1. The second-order valence-electron chi connectivity index (χ2n) is 5.48. The van der Waals surface area contributed by atoms with Gasteiger partial charge in [-0.05, 0) is 24.3 Å². The van der Waals surface area contributed by atoms with Crippen LogP contribution in [0.2, 0.25) is 10.0 Å². The number of nitrogens with zero attached hydrogens (tertiary/aromatic N) is 3. The fourth-order valence-corrected chi connectivity index (χ4v) is 3.28. The number of carbonyl (C=O) groups is 1. The van der Waals surface area contributed by atoms with Crippen LogP contribution in [0.1, 0.15) is 5.56 Å². The summed E-state index contributed by atoms with van der Waals surface area (Å²) in [6.07, 6.45) is 2.03. The van der Waals surface area contributed by atoms with Gasteiger partial charge in [0.05, 0.1) is 38.7 Å². The highest BCUT2D eigenvalue weighted by molar-refractivity contribution is 7.92. The number of carbonyl (C=O) groups excluding carboxylic acids is 1. The molecule has 9 nitrogen and oxygen atoms in total. The Balaban J connectivity index is 2.15. The second-order valence-corrected chi connectivity index (χ2v) is 8.20. The number of sulfonamides is 1. The maximum atomic E-state index is 12.1. The summed E-state index contributed by atoms with van der Waals surface area (Å²) in [7, 11) is -3.81. The zero-order valence-electron chi connectivity index (χ0n) is 14.4. The van der Waals surface area contributed by atoms with Crippen molar-refractivity contribution in [3.63, 3.8) is 0 Å². The van der Waals surface area contributed by atoms with E-state index < -0.39 is 27.4 Å². The first kappa shape index (κ1) is 21.6. The molecule has 28 heavy (non-hydrogen) atoms. The SMILES string of the molecule is CS(=O)(=O)N(CC(=O)N/N=C\c1ccccc1[N+](=O)[O-])c1ccc(Cl)c(Cl)c1. The fourth-order valence-electron chi connectivity index (χ4n) is 2.14. The third kappa shape index (κ3) is 5.65. The van der Waals surface area contributed by atoms with E-state index >= 15 is 0 Å². The zero-order valence-corrected chi connectivity index (χ0v) is 16.7. The van der Waals surface area contributed by atoms with Gasteiger partial charge in [0, 0.05) is 6.07 Å². The summed E-state index contributed by atoms with van der Waals surface area (Å²) in [6, 6.07) is 9.93. The molecule has 148 valence electrons. The molecular formula is C16H14Cl2N4O5S. The first-order chi connectivity index (χ1) is 13.1. The molecule has 0 aliphatic carbocycles. The largest absolute Gasteiger partial charge is 0.278 e. The van der Waals surface area contributed by atoms with E-state index in [0.29, 0.717) is 0 Å². The Morgan fingerprint density at radius 1 is 1.25 bits per heavy atom. The summed E-state index contributed by atoms with van der Waals surface area (Å²) in [6.45, 7) is -0.578. The molecule has 1 N–H and O–H groups in total. The van der Waals surface area contributed by atoms with Gasteiger partial charge < -0.3 is 0 Å². The molecule has 2 rings (SSSR count). The molecule has 2 aromatic rings. The van der Waals surface area contributed by atoms with Crippen LogP contribution in [-0.2, 0) is 14.8 Å². The van der Waals surface area contributed by atoms with Gasteiger partial charge in [-0.15, -0.1) is 0 Å². The predicted molar refractivity (Wildman–Crippen MR) is 107 cm³/mol. The molecule has 0 unspecified atom stereocenters. The molecule has 0 saturated carbocycles. The third-order valence-corrected chi connectivity index (χ3v) is 5.28. The molecule has 0 bridgehead atoms. The minimum Gasteiger partial charge on any atom is -0.271 e. The molecule has 0 aromatic heterocycles. The van der Waals surface area contributed by atoms with Crippen molar-refractivity contribution in [2.24, 2.45) is 5.10 Å². The highest BCUT2D eigenvalue weighted by Crippen LogP contribution is 2.28. The minimum absolute atomic E-state index is 0.127. The molecule has 0 heterocycles. The Labute approximate surface area is 170 Å². The summed E-state index contributed by atoms with van der Waals surface area (Å²) < 4.78 is 24.9. The smallest absolute Gasteiger partial charge is 0.271 e. The molecule has 0 aliphatic heterocycles. The number of para-hydroxylation sites is 1. The summed E-state index contributed by atoms with van der Waals surface area (Å²) in [5.41, 5.74) is 2.28. The number of halogens is 2. The average molecular weight is 445 g/mol. The number of amides is 1. The van der Waals surface area contributed by atoms with Crippen molar-refractivity contribution in [3.05, 3.63) is 68.2 Å². The fraction of sp³-hybridized carbons (Fsp3) is 0.125. The van der Waals surface area contributed by atoms with Crippen molar-refractivity contribution in [2.75, 3.05) is 17.1 Å². The Hall–Kier alpha value is -2.69. The number of nitro groups is 1. The molecule has 0 atom stereocenters. The number of anilines is 1. The van der Waals surface area contributed by atoms with Gasteiger partial charge in [-0.25, -0.2) is 13.8 Å². The number of nitro benzene ring substituents is 1. The zero-order chi connectivity index (χ0) is 20.9. The third-order valence-electron chi connectivity index (χ3n) is 3.41. The second kappa shape index (κ2) is 9.00. The van der Waals surface area contributed by atoms with Gasteiger partial charge in [-0.2, -0.15) is 5.10 Å². The number of hydrogen-bond acceptors (Lipinski definition) is 6. The van der Waals surface area contributed by atoms with Crippen LogP contribution in [0.4, 0.5) is 11.4 Å². The van der Waals surface area contributed by atoms with E-state index in [2.05, 4.69) is 10.5 Å². The summed E-state index contributed by atoms with van der Waals surface area (Å²) >= 11 is 11.7. The van der Waals surface area contributed by atoms with Crippen molar-refractivity contribution < 1.29 is 18.1 Å². The van der Waals surface area contributed by atoms with Gasteiger partial charge in [0.1, 0.15) is 6.54 Å². The quantitative estimate of drug-likeness (QED) is 0.399. The Morgan fingerprint density at radius 2 is 1.93 bits per heavy atom. The molecule has 2 aromatic carbocycles. The topological polar surface area (TPSA) is 122 Å². The lowest BCUT2D eigenvalue weighted by Crippen LogP contribution is -2.39. The van der Waals surface area contributed by atoms with Gasteiger partial charge in [-0.1, -0.05) is 35.3 Å². The Kier molecular flexibility index (Phi) is 6.95. The highest BCUT2D eigenvalue weighted by Gasteiger charge is 2.21. The van der Waals surface area contributed by atoms with Gasteiger partial charge >= 0.3 is 0 Å². The van der Waals surface area contributed by atoms with E-state index in [1.54, 1.807) is 6.07 Å². The summed E-state index contributed by atoms with van der Waals surface area (Å²) in [5.74, 6) is -0.758. The van der Waals surface area contributed by atoms with E-state index in [1.165, 1.54) is 36.4 Å². The van der Waals surface area contributed by atoms with E-state index in [0.717, 1.165) is 16.8 Å². The van der Waals surface area contributed by atoms with Crippen LogP contribution in [-0.4, -0.2) is 38.3 Å². The standard InChI is InChI=1S/C16H14Cl2N4O5S/c1-28(26,27)21(12-6-7-13(17)14(18)8-12)10-16(23)20-19-9-11-4-2-3-5-15(11)22(24)25/h2-9H,10H2,1H3,(H,20,23)/b19-9-. The van der Waals surface area contributed by atoms with E-state index in [-0.39, 0.29) is 27.0 Å². The molecule has 1 amide bonds. The van der Waals surface area contributed by atoms with Gasteiger partial charge in [0.25, 0.3) is 11.6 Å². The number of nitrogens with one attached hydrogen (secondary N) is 1. The van der Waals surface area contributed by atoms with Crippen LogP contribution in [0, 0.1) is 10.1 Å². The average Bonchev–Trinajstić information content (AvgIpc) is 2.61. The number of hydrogen-bond donors (Lipinski definition) is 1. The van der Waals surface area contributed by atoms with Crippen LogP contribution in [0.5, 0.6) is 0 Å². The summed E-state index contributed by atoms with van der Waals surface area (Å²) in [5, 5.41) is 15.0. The van der Waals surface area contributed by atoms with Gasteiger partial charge in [0.2, 0.25) is 10.0 Å². The van der Waals surface area contributed by atoms with Crippen molar-refractivity contribution in [1.29, 1.82) is 0 Å². The van der Waals surface area contributed by atoms with Crippen LogP contribution in [0.3, 0.4) is 0 Å². The first-order valence-corrected chi connectivity index (χ1v) is 10.2. The normalized spacial score (nSPS) is 11.4. The lowest BCUT2D eigenvalue weighted by atomic mass is 10.2. The number of rotatable bonds is 7. The van der Waals surface area contributed by atoms with E-state index in [4.69, 9.17) is 23.2 Å². The first-order valence-electron chi connectivity index (χ1n) is 7.57. The Morgan fingerprint density at radius 3 is 2.54 bits per heavy atom. The highest BCUT2D eigenvalue weighted by atomic mass is 35.5. The minimum atomic E-state index is -3.81. The Bertz CT molecular complexity index is 1040. The monoisotopic (exact) mass is 444 g/mol. The van der Waals surface area contributed by atoms with Gasteiger partial charge in [-0.3, -0.25) is 19.2 Å². The molecule has 12 heteroatoms. The van der Waals surface area contributed by atoms with Crippen LogP contribution < -0.4 is 9.73 Å². The summed E-state index contributed by atoms with van der Waals surface area (Å²) in [4.78, 5) is 22.5. The lowest BCUT2D eigenvalue weighted by molar-refractivity contribution is -0.385. The van der Waals surface area contributed by atoms with E-state index in [9.17, 15) is 23.3 Å². The van der Waals surface area contributed by atoms with Crippen molar-refractivity contribution in [2.45, 2.75) is 0 Å². The maximum Gasteiger partial charge on any atom is 0.278 e. The molecule has 0 aliphatic rings. The van der Waals surface area contributed by atoms with Crippen molar-refractivity contribution >= 4 is 56.7 Å². The molecule has 0 radical (unpaired) electrons. The van der Waals surface area contributed by atoms with Gasteiger partial charge in [0.15, 0.2) is 0 Å². The lowest BCUT2D eigenvalue weighted by Gasteiger charge is -2.21. The van der Waals surface area contributed by atoms with E-state index in [1.807, 2.05) is 0 Å². The molecule has 0 spiro atoms. The van der Waals surface area contributed by atoms with Crippen LogP contribution >= 0.6 is 23.2 Å². The molecule has 0 fully saturated rings. The van der Waals surface area contributed by atoms with Crippen molar-refractivity contribution in [1.82, 2.24) is 5.43 Å². The van der Waals surface area contributed by atoms with Crippen LogP contribution in [0.25, 0.3) is 0 Å². The number of benzene rings is 2. The van der Waals surface area contributed by atoms with Crippen molar-refractivity contribution in [3.8, 4) is 0 Å². The molecular weight excluding hydrogens is 431 g/mol. The predicted octanol–water partition coefficient (Wildman–Crippen LogP) is 2.82. The molecule has 0 saturated heterocycles.